The van der Waals surface area contributed by atoms with Gasteiger partial charge < -0.3 is 14.2 Å². The first kappa shape index (κ1) is 16.6. The number of aromatic nitrogens is 2. The molecule has 134 valence electrons. The van der Waals surface area contributed by atoms with Crippen LogP contribution in [0.15, 0.2) is 40.8 Å². The molecule has 0 N–H and O–H groups in total. The molecule has 6 heteroatoms. The van der Waals surface area contributed by atoms with Gasteiger partial charge in [-0.2, -0.15) is 4.98 Å². The lowest BCUT2D eigenvalue weighted by atomic mass is 10.1. The van der Waals surface area contributed by atoms with Gasteiger partial charge in [0.1, 0.15) is 0 Å². The van der Waals surface area contributed by atoms with Crippen molar-refractivity contribution in [2.45, 2.75) is 20.3 Å². The number of benzene rings is 1. The van der Waals surface area contributed by atoms with E-state index in [0.29, 0.717) is 49.8 Å². The van der Waals surface area contributed by atoms with Crippen LogP contribution < -0.4 is 4.90 Å². The van der Waals surface area contributed by atoms with Crippen molar-refractivity contribution < 1.29 is 9.21 Å². The van der Waals surface area contributed by atoms with E-state index in [-0.39, 0.29) is 5.91 Å². The Morgan fingerprint density at radius 2 is 1.81 bits per heavy atom. The Labute approximate surface area is 152 Å². The molecule has 1 fully saturated rings. The number of nitrogens with zero attached hydrogens (tertiary/aromatic N) is 4. The molecule has 1 aliphatic rings. The van der Waals surface area contributed by atoms with E-state index in [1.165, 1.54) is 0 Å². The van der Waals surface area contributed by atoms with Crippen LogP contribution in [0.2, 0.25) is 0 Å². The first-order valence-electron chi connectivity index (χ1n) is 8.91. The maximum absolute atomic E-state index is 12.6. The summed E-state index contributed by atoms with van der Waals surface area (Å²) in [5.74, 6) is 0.175. The molecule has 1 saturated heterocycles. The number of pyridine rings is 1. The molecule has 0 spiro atoms. The Balaban J connectivity index is 1.40. The van der Waals surface area contributed by atoms with E-state index in [4.69, 9.17) is 4.42 Å². The Hall–Kier alpha value is -2.89. The molecule has 3 aromatic rings. The molecule has 26 heavy (non-hydrogen) atoms. The summed E-state index contributed by atoms with van der Waals surface area (Å²) in [5.41, 5.74) is 4.51. The van der Waals surface area contributed by atoms with Crippen molar-refractivity contribution in [3.8, 4) is 0 Å². The van der Waals surface area contributed by atoms with Gasteiger partial charge in [-0.15, -0.1) is 0 Å². The SMILES string of the molecule is Cc1ccc2oc(N3CCN(C(=O)Cc4ccccc4C)CC3)nc2n1. The molecule has 0 saturated carbocycles. The molecule has 0 radical (unpaired) electrons. The quantitative estimate of drug-likeness (QED) is 0.727. The molecule has 4 rings (SSSR count). The van der Waals surface area contributed by atoms with Crippen LogP contribution in [0.25, 0.3) is 11.2 Å². The average molecular weight is 350 g/mol. The minimum absolute atomic E-state index is 0.175. The first-order valence-corrected chi connectivity index (χ1v) is 8.91. The van der Waals surface area contributed by atoms with Crippen LogP contribution in [0.5, 0.6) is 0 Å². The van der Waals surface area contributed by atoms with Gasteiger partial charge in [-0.05, 0) is 37.1 Å². The van der Waals surface area contributed by atoms with Gasteiger partial charge in [0, 0.05) is 31.9 Å². The Morgan fingerprint density at radius 1 is 1.04 bits per heavy atom. The van der Waals surface area contributed by atoms with Crippen molar-refractivity contribution in [2.75, 3.05) is 31.1 Å². The zero-order valence-corrected chi connectivity index (χ0v) is 15.1. The second-order valence-corrected chi connectivity index (χ2v) is 6.74. The Kier molecular flexibility index (Phi) is 4.32. The van der Waals surface area contributed by atoms with E-state index in [1.807, 2.05) is 55.1 Å². The third kappa shape index (κ3) is 3.27. The van der Waals surface area contributed by atoms with E-state index in [9.17, 15) is 4.79 Å². The number of piperazine rings is 1. The summed E-state index contributed by atoms with van der Waals surface area (Å²) in [7, 11) is 0. The highest BCUT2D eigenvalue weighted by Crippen LogP contribution is 2.22. The molecule has 2 aromatic heterocycles. The molecular formula is C20H22N4O2. The number of aryl methyl sites for hydroxylation is 2. The van der Waals surface area contributed by atoms with Crippen LogP contribution in [0.3, 0.4) is 0 Å². The molecular weight excluding hydrogens is 328 g/mol. The fraction of sp³-hybridized carbons (Fsp3) is 0.350. The third-order valence-corrected chi connectivity index (χ3v) is 4.89. The normalized spacial score (nSPS) is 14.8. The minimum Gasteiger partial charge on any atom is -0.422 e. The number of oxazole rings is 1. The number of anilines is 1. The second-order valence-electron chi connectivity index (χ2n) is 6.74. The molecule has 0 bridgehead atoms. The van der Waals surface area contributed by atoms with Crippen LogP contribution >= 0.6 is 0 Å². The first-order chi connectivity index (χ1) is 12.6. The largest absolute Gasteiger partial charge is 0.422 e. The molecule has 0 unspecified atom stereocenters. The summed E-state index contributed by atoms with van der Waals surface area (Å²) in [6, 6.07) is 12.5. The molecule has 0 aliphatic carbocycles. The molecule has 6 nitrogen and oxygen atoms in total. The predicted octanol–water partition coefficient (Wildman–Crippen LogP) is 2.73. The average Bonchev–Trinajstić information content (AvgIpc) is 3.07. The van der Waals surface area contributed by atoms with Crippen molar-refractivity contribution in [2.24, 2.45) is 0 Å². The Morgan fingerprint density at radius 3 is 2.58 bits per heavy atom. The highest BCUT2D eigenvalue weighted by Gasteiger charge is 2.24. The van der Waals surface area contributed by atoms with E-state index < -0.39 is 0 Å². The van der Waals surface area contributed by atoms with Crippen molar-refractivity contribution in [3.05, 3.63) is 53.2 Å². The van der Waals surface area contributed by atoms with Crippen LogP contribution in [0, 0.1) is 13.8 Å². The second kappa shape index (κ2) is 6.78. The lowest BCUT2D eigenvalue weighted by Crippen LogP contribution is -2.49. The van der Waals surface area contributed by atoms with Crippen molar-refractivity contribution in [1.29, 1.82) is 0 Å². The molecule has 1 aliphatic heterocycles. The van der Waals surface area contributed by atoms with Crippen LogP contribution in [0.4, 0.5) is 6.01 Å². The molecule has 3 heterocycles. The summed E-state index contributed by atoms with van der Waals surface area (Å²) in [6.07, 6.45) is 0.457. The topological polar surface area (TPSA) is 62.5 Å². The maximum Gasteiger partial charge on any atom is 0.300 e. The van der Waals surface area contributed by atoms with Gasteiger partial charge in [0.05, 0.1) is 6.42 Å². The molecule has 1 amide bonds. The van der Waals surface area contributed by atoms with Crippen molar-refractivity contribution in [3.63, 3.8) is 0 Å². The number of hydrogen-bond acceptors (Lipinski definition) is 5. The van der Waals surface area contributed by atoms with Crippen LogP contribution in [-0.2, 0) is 11.2 Å². The fourth-order valence-electron chi connectivity index (χ4n) is 3.27. The number of carbonyl (C=O) groups excluding carboxylic acids is 1. The van der Waals surface area contributed by atoms with Gasteiger partial charge in [0.15, 0.2) is 5.58 Å². The third-order valence-electron chi connectivity index (χ3n) is 4.89. The smallest absolute Gasteiger partial charge is 0.300 e. The Bertz CT molecular complexity index is 942. The van der Waals surface area contributed by atoms with Gasteiger partial charge in [0.2, 0.25) is 11.6 Å². The highest BCUT2D eigenvalue weighted by atomic mass is 16.4. The van der Waals surface area contributed by atoms with Gasteiger partial charge in [-0.1, -0.05) is 24.3 Å². The number of fused-ring (bicyclic) bond motifs is 1. The van der Waals surface area contributed by atoms with Crippen molar-refractivity contribution in [1.82, 2.24) is 14.9 Å². The van der Waals surface area contributed by atoms with Gasteiger partial charge in [0.25, 0.3) is 6.01 Å². The summed E-state index contributed by atoms with van der Waals surface area (Å²) in [6.45, 7) is 6.76. The minimum atomic E-state index is 0.175. The van der Waals surface area contributed by atoms with E-state index >= 15 is 0 Å². The van der Waals surface area contributed by atoms with E-state index in [2.05, 4.69) is 14.9 Å². The van der Waals surface area contributed by atoms with Gasteiger partial charge in [-0.25, -0.2) is 4.98 Å². The molecule has 1 aromatic carbocycles. The predicted molar refractivity (Wildman–Crippen MR) is 100 cm³/mol. The zero-order valence-electron chi connectivity index (χ0n) is 15.1. The zero-order chi connectivity index (χ0) is 18.1. The summed E-state index contributed by atoms with van der Waals surface area (Å²) < 4.78 is 5.82. The lowest BCUT2D eigenvalue weighted by molar-refractivity contribution is -0.130. The van der Waals surface area contributed by atoms with E-state index in [1.54, 1.807) is 0 Å². The van der Waals surface area contributed by atoms with Gasteiger partial charge >= 0.3 is 0 Å². The summed E-state index contributed by atoms with van der Waals surface area (Å²) >= 11 is 0. The van der Waals surface area contributed by atoms with Crippen molar-refractivity contribution >= 4 is 23.2 Å². The summed E-state index contributed by atoms with van der Waals surface area (Å²) in [4.78, 5) is 25.5. The standard InChI is InChI=1S/C20H22N4O2/c1-14-5-3-4-6-16(14)13-18(25)23-9-11-24(12-10-23)20-22-19-17(26-20)8-7-15(2)21-19/h3-8H,9-13H2,1-2H3. The monoisotopic (exact) mass is 350 g/mol. The summed E-state index contributed by atoms with van der Waals surface area (Å²) in [5, 5.41) is 0. The lowest BCUT2D eigenvalue weighted by Gasteiger charge is -2.34. The van der Waals surface area contributed by atoms with Gasteiger partial charge in [-0.3, -0.25) is 4.79 Å². The number of carbonyl (C=O) groups is 1. The number of hydrogen-bond donors (Lipinski definition) is 0. The van der Waals surface area contributed by atoms with Crippen LogP contribution in [0.1, 0.15) is 16.8 Å². The van der Waals surface area contributed by atoms with E-state index in [0.717, 1.165) is 16.8 Å². The molecule has 0 atom stereocenters. The maximum atomic E-state index is 12.6. The fourth-order valence-corrected chi connectivity index (χ4v) is 3.27. The number of rotatable bonds is 3. The van der Waals surface area contributed by atoms with Crippen LogP contribution in [-0.4, -0.2) is 47.0 Å². The highest BCUT2D eigenvalue weighted by molar-refractivity contribution is 5.79. The number of amides is 1.